The molecule has 8 nitrogen and oxygen atoms in total. The lowest BCUT2D eigenvalue weighted by Gasteiger charge is -2.31. The first-order valence-corrected chi connectivity index (χ1v) is 11.6. The number of para-hydroxylation sites is 1. The molecule has 0 aliphatic carbocycles. The van der Waals surface area contributed by atoms with Gasteiger partial charge in [0, 0.05) is 20.9 Å². The van der Waals surface area contributed by atoms with Gasteiger partial charge in [-0.1, -0.05) is 30.0 Å². The number of hydrazone groups is 1. The Morgan fingerprint density at radius 3 is 2.40 bits per heavy atom. The van der Waals surface area contributed by atoms with Crippen molar-refractivity contribution in [3.8, 4) is 17.2 Å². The monoisotopic (exact) mass is 491 g/mol. The summed E-state index contributed by atoms with van der Waals surface area (Å²) in [5, 5.41) is 4.22. The fourth-order valence-electron chi connectivity index (χ4n) is 3.78. The Morgan fingerprint density at radius 2 is 1.69 bits per heavy atom. The molecule has 0 saturated carbocycles. The molecule has 1 heterocycles. The fourth-order valence-corrected chi connectivity index (χ4v) is 4.81. The van der Waals surface area contributed by atoms with E-state index in [0.29, 0.717) is 34.1 Å². The normalized spacial score (nSPS) is 12.1. The number of fused-ring (bicyclic) bond motifs is 2. The highest BCUT2D eigenvalue weighted by Crippen LogP contribution is 2.48. The molecule has 1 amide bonds. The van der Waals surface area contributed by atoms with Crippen molar-refractivity contribution in [1.82, 2.24) is 5.43 Å². The first kappa shape index (κ1) is 24.2. The lowest BCUT2D eigenvalue weighted by atomic mass is 10.1. The minimum absolute atomic E-state index is 0.0596. The van der Waals surface area contributed by atoms with E-state index in [-0.39, 0.29) is 18.2 Å². The minimum atomic E-state index is -0.212. The molecular weight excluding hydrogens is 466 g/mol. The number of Topliss-reactive ketones (excluding diaryl/α,β-unsaturated/α-hetero) is 1. The van der Waals surface area contributed by atoms with Crippen molar-refractivity contribution in [3.05, 3.63) is 65.7 Å². The molecule has 0 bridgehead atoms. The summed E-state index contributed by atoms with van der Waals surface area (Å²) in [6.45, 7) is 1.45. The van der Waals surface area contributed by atoms with E-state index in [1.165, 1.54) is 21.1 Å². The predicted molar refractivity (Wildman–Crippen MR) is 136 cm³/mol. The standard InChI is InChI=1S/C26H25N3O5S/c1-16(30)17-10-12-23-20(13-17)29(19-7-5-6-8-22(19)35-23)24(31)15-28-27-14-18-9-11-21(32-2)26(34-4)25(18)33-3/h5-14,28H,15H2,1-4H3. The molecule has 0 atom stereocenters. The van der Waals surface area contributed by atoms with Crippen molar-refractivity contribution < 1.29 is 23.8 Å². The van der Waals surface area contributed by atoms with Gasteiger partial charge in [-0.25, -0.2) is 0 Å². The van der Waals surface area contributed by atoms with Gasteiger partial charge in [-0.3, -0.25) is 14.5 Å². The molecule has 9 heteroatoms. The average Bonchev–Trinajstić information content (AvgIpc) is 2.88. The first-order chi connectivity index (χ1) is 17.0. The van der Waals surface area contributed by atoms with E-state index in [0.717, 1.165) is 15.5 Å². The van der Waals surface area contributed by atoms with Crippen LogP contribution in [0.25, 0.3) is 0 Å². The third-order valence-electron chi connectivity index (χ3n) is 5.44. The van der Waals surface area contributed by atoms with Crippen LogP contribution in [0, 0.1) is 0 Å². The van der Waals surface area contributed by atoms with Crippen molar-refractivity contribution in [2.24, 2.45) is 5.10 Å². The van der Waals surface area contributed by atoms with Crippen molar-refractivity contribution in [3.63, 3.8) is 0 Å². The Kier molecular flexibility index (Phi) is 7.26. The molecule has 0 fully saturated rings. The number of carbonyl (C=O) groups excluding carboxylic acids is 2. The summed E-state index contributed by atoms with van der Waals surface area (Å²) >= 11 is 1.57. The van der Waals surface area contributed by atoms with Gasteiger partial charge in [0.05, 0.1) is 38.9 Å². The third-order valence-corrected chi connectivity index (χ3v) is 6.57. The Labute approximate surface area is 207 Å². The van der Waals surface area contributed by atoms with Gasteiger partial charge < -0.3 is 19.6 Å². The number of rotatable bonds is 8. The molecule has 0 spiro atoms. The van der Waals surface area contributed by atoms with E-state index < -0.39 is 0 Å². The van der Waals surface area contributed by atoms with Crippen LogP contribution in [0.5, 0.6) is 17.2 Å². The summed E-state index contributed by atoms with van der Waals surface area (Å²) in [6, 6.07) is 16.6. The minimum Gasteiger partial charge on any atom is -0.493 e. The molecule has 1 aliphatic heterocycles. The van der Waals surface area contributed by atoms with Gasteiger partial charge in [-0.15, -0.1) is 0 Å². The Balaban J connectivity index is 1.57. The number of benzene rings is 3. The van der Waals surface area contributed by atoms with Crippen LogP contribution in [0.3, 0.4) is 0 Å². The number of hydrogen-bond acceptors (Lipinski definition) is 8. The van der Waals surface area contributed by atoms with Gasteiger partial charge in [-0.2, -0.15) is 5.10 Å². The van der Waals surface area contributed by atoms with Gasteiger partial charge >= 0.3 is 0 Å². The van der Waals surface area contributed by atoms with Gasteiger partial charge in [0.25, 0.3) is 5.91 Å². The van der Waals surface area contributed by atoms with Crippen LogP contribution in [0.15, 0.2) is 69.5 Å². The van der Waals surface area contributed by atoms with Crippen molar-refractivity contribution in [2.45, 2.75) is 16.7 Å². The van der Waals surface area contributed by atoms with Crippen LogP contribution >= 0.6 is 11.8 Å². The van der Waals surface area contributed by atoms with Gasteiger partial charge in [0.2, 0.25) is 5.75 Å². The second-order valence-electron chi connectivity index (χ2n) is 7.55. The molecule has 1 N–H and O–H groups in total. The summed E-state index contributed by atoms with van der Waals surface area (Å²) in [4.78, 5) is 28.8. The lowest BCUT2D eigenvalue weighted by molar-refractivity contribution is -0.117. The first-order valence-electron chi connectivity index (χ1n) is 10.8. The van der Waals surface area contributed by atoms with Crippen LogP contribution in [0.1, 0.15) is 22.8 Å². The molecule has 3 aromatic rings. The second-order valence-corrected chi connectivity index (χ2v) is 8.64. The zero-order valence-electron chi connectivity index (χ0n) is 19.8. The summed E-state index contributed by atoms with van der Waals surface area (Å²) in [6.07, 6.45) is 1.55. The topological polar surface area (TPSA) is 89.5 Å². The van der Waals surface area contributed by atoms with Crippen LogP contribution < -0.4 is 24.5 Å². The summed E-state index contributed by atoms with van der Waals surface area (Å²) < 4.78 is 16.2. The number of ketones is 1. The zero-order chi connectivity index (χ0) is 24.9. The van der Waals surface area contributed by atoms with E-state index in [4.69, 9.17) is 14.2 Å². The fraction of sp³-hybridized carbons (Fsp3) is 0.192. The van der Waals surface area contributed by atoms with Crippen LogP contribution in [-0.2, 0) is 4.79 Å². The largest absolute Gasteiger partial charge is 0.493 e. The second kappa shape index (κ2) is 10.5. The highest BCUT2D eigenvalue weighted by Gasteiger charge is 2.28. The number of ether oxygens (including phenoxy) is 3. The Bertz CT molecular complexity index is 1310. The smallest absolute Gasteiger partial charge is 0.252 e. The predicted octanol–water partition coefficient (Wildman–Crippen LogP) is 4.67. The highest BCUT2D eigenvalue weighted by atomic mass is 32.2. The number of nitrogens with one attached hydrogen (secondary N) is 1. The number of carbonyl (C=O) groups is 2. The number of anilines is 2. The van der Waals surface area contributed by atoms with Gasteiger partial charge in [-0.05, 0) is 43.3 Å². The number of amides is 1. The van der Waals surface area contributed by atoms with E-state index >= 15 is 0 Å². The van der Waals surface area contributed by atoms with Crippen molar-refractivity contribution in [2.75, 3.05) is 32.8 Å². The molecule has 180 valence electrons. The zero-order valence-corrected chi connectivity index (χ0v) is 20.6. The average molecular weight is 492 g/mol. The molecular formula is C26H25N3O5S. The molecule has 0 unspecified atom stereocenters. The number of nitrogens with zero attached hydrogens (tertiary/aromatic N) is 2. The van der Waals surface area contributed by atoms with Crippen LogP contribution in [0.2, 0.25) is 0 Å². The maximum atomic E-state index is 13.4. The highest BCUT2D eigenvalue weighted by molar-refractivity contribution is 7.99. The van der Waals surface area contributed by atoms with Crippen molar-refractivity contribution in [1.29, 1.82) is 0 Å². The molecule has 0 aromatic heterocycles. The van der Waals surface area contributed by atoms with Crippen LogP contribution in [-0.4, -0.2) is 45.8 Å². The molecule has 35 heavy (non-hydrogen) atoms. The van der Waals surface area contributed by atoms with E-state index in [2.05, 4.69) is 10.5 Å². The summed E-state index contributed by atoms with van der Waals surface area (Å²) in [5.74, 6) is 1.19. The molecule has 0 radical (unpaired) electrons. The quantitative estimate of drug-likeness (QED) is 0.278. The molecule has 0 saturated heterocycles. The van der Waals surface area contributed by atoms with Crippen LogP contribution in [0.4, 0.5) is 11.4 Å². The SMILES string of the molecule is COc1ccc(C=NNCC(=O)N2c3ccccc3Sc3ccc(C(C)=O)cc32)c(OC)c1OC. The summed E-state index contributed by atoms with van der Waals surface area (Å²) in [5.41, 5.74) is 5.47. The summed E-state index contributed by atoms with van der Waals surface area (Å²) in [7, 11) is 4.61. The van der Waals surface area contributed by atoms with E-state index in [1.54, 1.807) is 54.3 Å². The number of hydrogen-bond donors (Lipinski definition) is 1. The third kappa shape index (κ3) is 4.81. The van der Waals surface area contributed by atoms with Gasteiger partial charge in [0.15, 0.2) is 17.3 Å². The van der Waals surface area contributed by atoms with Gasteiger partial charge in [0.1, 0.15) is 6.54 Å². The van der Waals surface area contributed by atoms with E-state index in [1.807, 2.05) is 30.3 Å². The molecule has 3 aromatic carbocycles. The lowest BCUT2D eigenvalue weighted by Crippen LogP contribution is -2.35. The molecule has 4 rings (SSSR count). The van der Waals surface area contributed by atoms with E-state index in [9.17, 15) is 9.59 Å². The molecule has 1 aliphatic rings. The Morgan fingerprint density at radius 1 is 0.943 bits per heavy atom. The number of methoxy groups -OCH3 is 3. The van der Waals surface area contributed by atoms with Crippen molar-refractivity contribution >= 4 is 41.0 Å². The Hall–Kier alpha value is -3.98. The maximum absolute atomic E-state index is 13.4. The maximum Gasteiger partial charge on any atom is 0.252 e.